The van der Waals surface area contributed by atoms with Crippen molar-refractivity contribution in [2.24, 2.45) is 0 Å². The zero-order chi connectivity index (χ0) is 9.31. The van der Waals surface area contributed by atoms with E-state index in [1.165, 1.54) is 0 Å². The molecule has 4 heteroatoms. The summed E-state index contributed by atoms with van der Waals surface area (Å²) in [5.74, 6) is 0. The van der Waals surface area contributed by atoms with Crippen LogP contribution in [0.3, 0.4) is 0 Å². The third-order valence-electron chi connectivity index (χ3n) is 2.70. The average Bonchev–Trinajstić information content (AvgIpc) is 2.74. The molecule has 1 saturated heterocycles. The minimum absolute atomic E-state index is 0.00583. The van der Waals surface area contributed by atoms with E-state index < -0.39 is 0 Å². The van der Waals surface area contributed by atoms with E-state index in [9.17, 15) is 4.79 Å². The van der Waals surface area contributed by atoms with Crippen LogP contribution in [0.15, 0.2) is 0 Å². The molecule has 0 radical (unpaired) electrons. The van der Waals surface area contributed by atoms with Crippen LogP contribution < -0.4 is 16.0 Å². The molecule has 4 nitrogen and oxygen atoms in total. The van der Waals surface area contributed by atoms with E-state index in [-0.39, 0.29) is 11.6 Å². The largest absolute Gasteiger partial charge is 0.335 e. The summed E-state index contributed by atoms with van der Waals surface area (Å²) in [6.07, 6.45) is 3.30. The Hall–Kier alpha value is -0.770. The van der Waals surface area contributed by atoms with Gasteiger partial charge in [-0.3, -0.25) is 0 Å². The minimum Gasteiger partial charge on any atom is -0.335 e. The summed E-state index contributed by atoms with van der Waals surface area (Å²) < 4.78 is 0. The summed E-state index contributed by atoms with van der Waals surface area (Å²) >= 11 is 0. The van der Waals surface area contributed by atoms with Crippen molar-refractivity contribution >= 4 is 6.03 Å². The van der Waals surface area contributed by atoms with E-state index in [1.807, 2.05) is 0 Å². The van der Waals surface area contributed by atoms with Crippen molar-refractivity contribution in [1.29, 1.82) is 0 Å². The van der Waals surface area contributed by atoms with Gasteiger partial charge in [-0.1, -0.05) is 0 Å². The number of carbonyl (C=O) groups excluding carboxylic acids is 1. The second kappa shape index (κ2) is 3.18. The third kappa shape index (κ3) is 2.34. The highest BCUT2D eigenvalue weighted by Crippen LogP contribution is 2.19. The number of hydrogen-bond donors (Lipinski definition) is 3. The van der Waals surface area contributed by atoms with Crippen molar-refractivity contribution in [1.82, 2.24) is 16.0 Å². The number of urea groups is 1. The van der Waals surface area contributed by atoms with Crippen molar-refractivity contribution in [3.8, 4) is 0 Å². The Morgan fingerprint density at radius 3 is 2.85 bits per heavy atom. The van der Waals surface area contributed by atoms with E-state index in [2.05, 4.69) is 22.9 Å². The fraction of sp³-hybridized carbons (Fsp3) is 0.889. The number of hydrogen-bond acceptors (Lipinski definition) is 2. The first-order valence-corrected chi connectivity index (χ1v) is 4.97. The highest BCUT2D eigenvalue weighted by Gasteiger charge is 2.31. The number of amides is 2. The van der Waals surface area contributed by atoms with E-state index in [0.29, 0.717) is 6.04 Å². The maximum absolute atomic E-state index is 11.4. The van der Waals surface area contributed by atoms with Gasteiger partial charge in [-0.25, -0.2) is 4.79 Å². The van der Waals surface area contributed by atoms with Crippen LogP contribution in [0.2, 0.25) is 0 Å². The Morgan fingerprint density at radius 1 is 1.54 bits per heavy atom. The standard InChI is InChI=1S/C9H17N3O/c1-9(4-5-10-6-9)12-8(13)11-7-2-3-7/h7,10H,2-6H2,1H3,(H2,11,12,13). The first-order chi connectivity index (χ1) is 6.18. The predicted octanol–water partition coefficient (Wildman–Crippen LogP) is 0.200. The van der Waals surface area contributed by atoms with Crippen LogP contribution in [0.5, 0.6) is 0 Å². The van der Waals surface area contributed by atoms with Gasteiger partial charge in [0.05, 0.1) is 5.54 Å². The summed E-state index contributed by atoms with van der Waals surface area (Å²) in [5.41, 5.74) is -0.0427. The summed E-state index contributed by atoms with van der Waals surface area (Å²) in [6, 6.07) is 0.437. The lowest BCUT2D eigenvalue weighted by Gasteiger charge is -2.24. The monoisotopic (exact) mass is 183 g/mol. The van der Waals surface area contributed by atoms with Crippen LogP contribution in [0.4, 0.5) is 4.79 Å². The summed E-state index contributed by atoms with van der Waals surface area (Å²) in [7, 11) is 0. The lowest BCUT2D eigenvalue weighted by molar-refractivity contribution is 0.229. The van der Waals surface area contributed by atoms with Crippen LogP contribution in [0, 0.1) is 0 Å². The molecule has 1 aliphatic carbocycles. The molecule has 13 heavy (non-hydrogen) atoms. The maximum atomic E-state index is 11.4. The Balaban J connectivity index is 1.77. The quantitative estimate of drug-likeness (QED) is 0.573. The van der Waals surface area contributed by atoms with Gasteiger partial charge in [-0.2, -0.15) is 0 Å². The van der Waals surface area contributed by atoms with Gasteiger partial charge in [0.1, 0.15) is 0 Å². The van der Waals surface area contributed by atoms with E-state index in [4.69, 9.17) is 0 Å². The van der Waals surface area contributed by atoms with E-state index in [1.54, 1.807) is 0 Å². The number of carbonyl (C=O) groups is 1. The lowest BCUT2D eigenvalue weighted by Crippen LogP contribution is -2.51. The Bertz CT molecular complexity index is 207. The molecule has 1 unspecified atom stereocenters. The molecule has 0 aromatic rings. The molecule has 2 aliphatic rings. The average molecular weight is 183 g/mol. The Morgan fingerprint density at radius 2 is 2.31 bits per heavy atom. The first-order valence-electron chi connectivity index (χ1n) is 4.97. The molecule has 1 saturated carbocycles. The minimum atomic E-state index is -0.0427. The van der Waals surface area contributed by atoms with Crippen LogP contribution >= 0.6 is 0 Å². The van der Waals surface area contributed by atoms with Crippen LogP contribution in [0.25, 0.3) is 0 Å². The van der Waals surface area contributed by atoms with Crippen LogP contribution in [0.1, 0.15) is 26.2 Å². The SMILES string of the molecule is CC1(NC(=O)NC2CC2)CCNC1. The number of nitrogens with one attached hydrogen (secondary N) is 3. The fourth-order valence-electron chi connectivity index (χ4n) is 1.65. The topological polar surface area (TPSA) is 53.2 Å². The molecule has 1 atom stereocenters. The summed E-state index contributed by atoms with van der Waals surface area (Å²) in [5, 5.41) is 9.19. The van der Waals surface area contributed by atoms with E-state index in [0.717, 1.165) is 32.4 Å². The van der Waals surface area contributed by atoms with Crippen molar-refractivity contribution in [3.63, 3.8) is 0 Å². The molecular weight excluding hydrogens is 166 g/mol. The van der Waals surface area contributed by atoms with Gasteiger partial charge in [0, 0.05) is 12.6 Å². The molecule has 3 N–H and O–H groups in total. The van der Waals surface area contributed by atoms with Crippen molar-refractivity contribution in [2.45, 2.75) is 37.8 Å². The second-order valence-corrected chi connectivity index (χ2v) is 4.36. The van der Waals surface area contributed by atoms with Crippen molar-refractivity contribution in [2.75, 3.05) is 13.1 Å². The molecular formula is C9H17N3O. The summed E-state index contributed by atoms with van der Waals surface area (Å²) in [6.45, 7) is 3.96. The zero-order valence-electron chi connectivity index (χ0n) is 8.02. The molecule has 74 valence electrons. The van der Waals surface area contributed by atoms with Gasteiger partial charge in [0.25, 0.3) is 0 Å². The van der Waals surface area contributed by atoms with Gasteiger partial charge >= 0.3 is 6.03 Å². The smallest absolute Gasteiger partial charge is 0.315 e. The first kappa shape index (κ1) is 8.81. The molecule has 2 fully saturated rings. The van der Waals surface area contributed by atoms with Crippen LogP contribution in [-0.2, 0) is 0 Å². The van der Waals surface area contributed by atoms with Gasteiger partial charge < -0.3 is 16.0 Å². The molecule has 0 spiro atoms. The van der Waals surface area contributed by atoms with Crippen molar-refractivity contribution < 1.29 is 4.79 Å². The highest BCUT2D eigenvalue weighted by atomic mass is 16.2. The Labute approximate surface area is 78.5 Å². The summed E-state index contributed by atoms with van der Waals surface area (Å²) in [4.78, 5) is 11.4. The van der Waals surface area contributed by atoms with Crippen LogP contribution in [-0.4, -0.2) is 30.7 Å². The predicted molar refractivity (Wildman–Crippen MR) is 50.6 cm³/mol. The molecule has 2 rings (SSSR count). The second-order valence-electron chi connectivity index (χ2n) is 4.36. The van der Waals surface area contributed by atoms with E-state index >= 15 is 0 Å². The van der Waals surface area contributed by atoms with Gasteiger partial charge in [0.2, 0.25) is 0 Å². The molecule has 2 amide bonds. The fourth-order valence-corrected chi connectivity index (χ4v) is 1.65. The normalized spacial score (nSPS) is 33.0. The van der Waals surface area contributed by atoms with Gasteiger partial charge in [-0.05, 0) is 32.7 Å². The maximum Gasteiger partial charge on any atom is 0.315 e. The zero-order valence-corrected chi connectivity index (χ0v) is 8.02. The highest BCUT2D eigenvalue weighted by molar-refractivity contribution is 5.75. The molecule has 1 heterocycles. The van der Waals surface area contributed by atoms with Gasteiger partial charge in [0.15, 0.2) is 0 Å². The Kier molecular flexibility index (Phi) is 2.15. The molecule has 0 bridgehead atoms. The van der Waals surface area contributed by atoms with Gasteiger partial charge in [-0.15, -0.1) is 0 Å². The molecule has 0 aromatic heterocycles. The number of rotatable bonds is 2. The lowest BCUT2D eigenvalue weighted by atomic mass is 10.0. The molecule has 0 aromatic carbocycles. The third-order valence-corrected chi connectivity index (χ3v) is 2.70. The molecule has 1 aliphatic heterocycles. The van der Waals surface area contributed by atoms with Crippen molar-refractivity contribution in [3.05, 3.63) is 0 Å².